The van der Waals surface area contributed by atoms with E-state index in [1.807, 2.05) is 6.92 Å². The van der Waals surface area contributed by atoms with Crippen molar-refractivity contribution in [2.24, 2.45) is 0 Å². The minimum absolute atomic E-state index is 0.0363. The summed E-state index contributed by atoms with van der Waals surface area (Å²) in [6.45, 7) is 2.24. The smallest absolute Gasteiger partial charge is 0.269 e. The molecule has 0 spiro atoms. The monoisotopic (exact) mass is 460 g/mol. The first kappa shape index (κ1) is 22.5. The number of benzene rings is 3. The summed E-state index contributed by atoms with van der Waals surface area (Å²) in [6.07, 6.45) is 0. The molecule has 0 saturated heterocycles. The molecule has 1 heterocycles. The van der Waals surface area contributed by atoms with Crippen LogP contribution in [-0.2, 0) is 4.79 Å². The van der Waals surface area contributed by atoms with Gasteiger partial charge in [0.25, 0.3) is 17.5 Å². The number of carbonyl (C=O) groups excluding carboxylic acids is 1. The molecule has 0 saturated carbocycles. The van der Waals surface area contributed by atoms with E-state index in [1.54, 1.807) is 48.5 Å². The van der Waals surface area contributed by atoms with Gasteiger partial charge in [-0.1, -0.05) is 17.3 Å². The minimum atomic E-state index is -0.483. The SMILES string of the molecule is CCOc1ccc(NC(=O)COc2ccccc2-c2noc(-c3ccc([N+](=O)[O-])cc3)n2)cc1. The van der Waals surface area contributed by atoms with Gasteiger partial charge < -0.3 is 19.3 Å². The molecule has 0 aliphatic rings. The summed E-state index contributed by atoms with van der Waals surface area (Å²) in [5, 5.41) is 17.6. The lowest BCUT2D eigenvalue weighted by atomic mass is 10.2. The molecule has 0 atom stereocenters. The molecule has 0 aliphatic heterocycles. The molecule has 1 amide bonds. The van der Waals surface area contributed by atoms with Gasteiger partial charge in [-0.15, -0.1) is 0 Å². The Kier molecular flexibility index (Phi) is 6.78. The standard InChI is InChI=1S/C24H20N4O6/c1-2-32-19-13-9-17(10-14-19)25-22(29)15-33-21-6-4-3-5-20(21)23-26-24(34-27-23)16-7-11-18(12-8-16)28(30)31/h3-14H,2,15H2,1H3,(H,25,29). The molecular formula is C24H20N4O6. The number of amides is 1. The summed E-state index contributed by atoms with van der Waals surface area (Å²) < 4.78 is 16.4. The molecule has 0 unspecified atom stereocenters. The number of nitro groups is 1. The van der Waals surface area contributed by atoms with Crippen molar-refractivity contribution in [3.05, 3.63) is 82.9 Å². The number of para-hydroxylation sites is 1. The van der Waals surface area contributed by atoms with Gasteiger partial charge in [0, 0.05) is 23.4 Å². The quantitative estimate of drug-likeness (QED) is 0.280. The molecule has 4 rings (SSSR count). The van der Waals surface area contributed by atoms with Crippen molar-refractivity contribution in [2.45, 2.75) is 6.92 Å². The topological polar surface area (TPSA) is 130 Å². The van der Waals surface area contributed by atoms with E-state index in [2.05, 4.69) is 15.5 Å². The number of nitrogens with zero attached hydrogens (tertiary/aromatic N) is 3. The third kappa shape index (κ3) is 5.36. The van der Waals surface area contributed by atoms with Crippen LogP contribution >= 0.6 is 0 Å². The fourth-order valence-corrected chi connectivity index (χ4v) is 3.09. The molecule has 0 aliphatic carbocycles. The predicted octanol–water partition coefficient (Wildman–Crippen LogP) is 4.73. The molecule has 172 valence electrons. The van der Waals surface area contributed by atoms with Crippen molar-refractivity contribution < 1.29 is 23.7 Å². The Morgan fingerprint density at radius 2 is 1.76 bits per heavy atom. The average Bonchev–Trinajstić information content (AvgIpc) is 3.34. The summed E-state index contributed by atoms with van der Waals surface area (Å²) in [6, 6.07) is 19.8. The van der Waals surface area contributed by atoms with Crippen LogP contribution in [0.2, 0.25) is 0 Å². The van der Waals surface area contributed by atoms with E-state index < -0.39 is 4.92 Å². The van der Waals surface area contributed by atoms with Crippen molar-refractivity contribution in [2.75, 3.05) is 18.5 Å². The summed E-state index contributed by atoms with van der Waals surface area (Å²) in [4.78, 5) is 27.1. The Hall–Kier alpha value is -4.73. The minimum Gasteiger partial charge on any atom is -0.494 e. The normalized spacial score (nSPS) is 10.5. The highest BCUT2D eigenvalue weighted by molar-refractivity contribution is 5.92. The molecular weight excluding hydrogens is 440 g/mol. The van der Waals surface area contributed by atoms with Crippen LogP contribution in [0.3, 0.4) is 0 Å². The van der Waals surface area contributed by atoms with Gasteiger partial charge in [0.1, 0.15) is 11.5 Å². The van der Waals surface area contributed by atoms with Gasteiger partial charge in [-0.2, -0.15) is 4.98 Å². The average molecular weight is 460 g/mol. The number of anilines is 1. The zero-order valence-corrected chi connectivity index (χ0v) is 18.1. The maximum absolute atomic E-state index is 12.3. The first-order chi connectivity index (χ1) is 16.5. The lowest BCUT2D eigenvalue weighted by molar-refractivity contribution is -0.384. The number of non-ortho nitro benzene ring substituents is 1. The number of hydrogen-bond acceptors (Lipinski definition) is 8. The van der Waals surface area contributed by atoms with Gasteiger partial charge in [0.05, 0.1) is 17.1 Å². The fraction of sp³-hybridized carbons (Fsp3) is 0.125. The van der Waals surface area contributed by atoms with Crippen LogP contribution in [0.1, 0.15) is 6.92 Å². The molecule has 1 N–H and O–H groups in total. The molecule has 10 heteroatoms. The highest BCUT2D eigenvalue weighted by atomic mass is 16.6. The molecule has 34 heavy (non-hydrogen) atoms. The van der Waals surface area contributed by atoms with Crippen LogP contribution in [0.15, 0.2) is 77.3 Å². The van der Waals surface area contributed by atoms with E-state index in [1.165, 1.54) is 24.3 Å². The Bertz CT molecular complexity index is 1290. The number of rotatable bonds is 9. The van der Waals surface area contributed by atoms with E-state index in [0.717, 1.165) is 5.75 Å². The predicted molar refractivity (Wildman–Crippen MR) is 124 cm³/mol. The Labute approximate surface area is 194 Å². The number of nitrogens with one attached hydrogen (secondary N) is 1. The second-order valence-corrected chi connectivity index (χ2v) is 7.02. The molecule has 4 aromatic rings. The summed E-state index contributed by atoms with van der Waals surface area (Å²) in [7, 11) is 0. The Balaban J connectivity index is 1.43. The van der Waals surface area contributed by atoms with Crippen molar-refractivity contribution in [3.8, 4) is 34.3 Å². The molecule has 0 radical (unpaired) electrons. The van der Waals surface area contributed by atoms with Crippen LogP contribution < -0.4 is 14.8 Å². The maximum Gasteiger partial charge on any atom is 0.269 e. The molecule has 10 nitrogen and oxygen atoms in total. The van der Waals surface area contributed by atoms with E-state index in [9.17, 15) is 14.9 Å². The van der Waals surface area contributed by atoms with Crippen molar-refractivity contribution in [1.82, 2.24) is 10.1 Å². The van der Waals surface area contributed by atoms with Crippen LogP contribution in [0, 0.1) is 10.1 Å². The second-order valence-electron chi connectivity index (χ2n) is 7.02. The van der Waals surface area contributed by atoms with E-state index >= 15 is 0 Å². The molecule has 0 fully saturated rings. The maximum atomic E-state index is 12.3. The Morgan fingerprint density at radius 3 is 2.47 bits per heavy atom. The number of aromatic nitrogens is 2. The van der Waals surface area contributed by atoms with Crippen molar-refractivity contribution in [1.29, 1.82) is 0 Å². The zero-order chi connectivity index (χ0) is 23.9. The highest BCUT2D eigenvalue weighted by Gasteiger charge is 2.16. The van der Waals surface area contributed by atoms with Crippen LogP contribution in [-0.4, -0.2) is 34.2 Å². The Morgan fingerprint density at radius 1 is 1.03 bits per heavy atom. The second kappa shape index (κ2) is 10.3. The van der Waals surface area contributed by atoms with Crippen LogP contribution in [0.25, 0.3) is 22.8 Å². The van der Waals surface area contributed by atoms with Gasteiger partial charge in [0.2, 0.25) is 5.82 Å². The van der Waals surface area contributed by atoms with E-state index in [0.29, 0.717) is 29.2 Å². The lowest BCUT2D eigenvalue weighted by Gasteiger charge is -2.10. The summed E-state index contributed by atoms with van der Waals surface area (Å²) >= 11 is 0. The summed E-state index contributed by atoms with van der Waals surface area (Å²) in [5.74, 6) is 1.25. The van der Waals surface area contributed by atoms with Gasteiger partial charge in [-0.25, -0.2) is 0 Å². The summed E-state index contributed by atoms with van der Waals surface area (Å²) in [5.41, 5.74) is 1.66. The largest absolute Gasteiger partial charge is 0.494 e. The van der Waals surface area contributed by atoms with E-state index in [4.69, 9.17) is 14.0 Å². The van der Waals surface area contributed by atoms with Crippen LogP contribution in [0.4, 0.5) is 11.4 Å². The van der Waals surface area contributed by atoms with Gasteiger partial charge >= 0.3 is 0 Å². The van der Waals surface area contributed by atoms with E-state index in [-0.39, 0.29) is 29.9 Å². The third-order valence-electron chi connectivity index (χ3n) is 4.69. The number of hydrogen-bond donors (Lipinski definition) is 1. The molecule has 1 aromatic heterocycles. The third-order valence-corrected chi connectivity index (χ3v) is 4.69. The van der Waals surface area contributed by atoms with Gasteiger partial charge in [-0.3, -0.25) is 14.9 Å². The lowest BCUT2D eigenvalue weighted by Crippen LogP contribution is -2.20. The first-order valence-electron chi connectivity index (χ1n) is 10.4. The fourth-order valence-electron chi connectivity index (χ4n) is 3.09. The van der Waals surface area contributed by atoms with Gasteiger partial charge in [0.15, 0.2) is 6.61 Å². The number of ether oxygens (including phenoxy) is 2. The molecule has 3 aromatic carbocycles. The number of nitro benzene ring substituents is 1. The van der Waals surface area contributed by atoms with Crippen molar-refractivity contribution in [3.63, 3.8) is 0 Å². The number of carbonyl (C=O) groups is 1. The van der Waals surface area contributed by atoms with Gasteiger partial charge in [-0.05, 0) is 55.5 Å². The highest BCUT2D eigenvalue weighted by Crippen LogP contribution is 2.30. The zero-order valence-electron chi connectivity index (χ0n) is 18.1. The van der Waals surface area contributed by atoms with Crippen LogP contribution in [0.5, 0.6) is 11.5 Å². The van der Waals surface area contributed by atoms with Crippen molar-refractivity contribution >= 4 is 17.3 Å². The molecule has 0 bridgehead atoms. The first-order valence-corrected chi connectivity index (χ1v) is 10.4.